The number of carbonyl (C=O) groups is 1. The van der Waals surface area contributed by atoms with E-state index < -0.39 is 32.4 Å². The molecular weight excluding hydrogens is 409 g/mol. The van der Waals surface area contributed by atoms with Gasteiger partial charge in [0.1, 0.15) is 5.41 Å². The van der Waals surface area contributed by atoms with Crippen LogP contribution in [0.3, 0.4) is 0 Å². The average molecular weight is 428 g/mol. The van der Waals surface area contributed by atoms with Crippen molar-refractivity contribution in [1.29, 1.82) is 0 Å². The van der Waals surface area contributed by atoms with Crippen molar-refractivity contribution in [3.63, 3.8) is 0 Å². The summed E-state index contributed by atoms with van der Waals surface area (Å²) >= 11 is 11.8. The fourth-order valence-corrected chi connectivity index (χ4v) is 6.24. The summed E-state index contributed by atoms with van der Waals surface area (Å²) in [5.74, 6) is -1.21. The second-order valence-corrected chi connectivity index (χ2v) is 9.36. The number of hydrogen-bond acceptors (Lipinski definition) is 5. The van der Waals surface area contributed by atoms with Crippen molar-refractivity contribution in [2.45, 2.75) is 23.0 Å². The summed E-state index contributed by atoms with van der Waals surface area (Å²) in [5, 5.41) is -0.0723. The lowest BCUT2D eigenvalue weighted by Gasteiger charge is -2.14. The molecule has 2 aromatic carbocycles. The highest BCUT2D eigenvalue weighted by atomic mass is 35.5. The van der Waals surface area contributed by atoms with Crippen LogP contribution in [0.1, 0.15) is 18.4 Å². The molecule has 0 bridgehead atoms. The number of halogens is 2. The Labute approximate surface area is 168 Å². The van der Waals surface area contributed by atoms with Gasteiger partial charge in [0, 0.05) is 22.5 Å². The van der Waals surface area contributed by atoms with Crippen LogP contribution in [0.25, 0.3) is 0 Å². The number of carbonyl (C=O) groups excluding carboxylic acids is 1. The lowest BCUT2D eigenvalue weighted by atomic mass is 9.99. The first-order valence-electron chi connectivity index (χ1n) is 8.41. The Kier molecular flexibility index (Phi) is 5.54. The summed E-state index contributed by atoms with van der Waals surface area (Å²) in [6.45, 7) is 1.67. The molecule has 5 nitrogen and oxygen atoms in total. The van der Waals surface area contributed by atoms with E-state index in [0.717, 1.165) is 0 Å². The van der Waals surface area contributed by atoms with Crippen molar-refractivity contribution in [1.82, 2.24) is 0 Å². The van der Waals surface area contributed by atoms with Gasteiger partial charge in [-0.3, -0.25) is 4.79 Å². The first kappa shape index (κ1) is 20.1. The molecule has 1 aliphatic carbocycles. The zero-order valence-corrected chi connectivity index (χ0v) is 16.9. The molecule has 0 amide bonds. The van der Waals surface area contributed by atoms with E-state index >= 15 is 0 Å². The Morgan fingerprint density at radius 2 is 1.59 bits per heavy atom. The fourth-order valence-electron chi connectivity index (χ4n) is 3.61. The van der Waals surface area contributed by atoms with Crippen molar-refractivity contribution in [2.24, 2.45) is 11.1 Å². The van der Waals surface area contributed by atoms with Gasteiger partial charge in [-0.05, 0) is 48.9 Å². The van der Waals surface area contributed by atoms with Crippen molar-refractivity contribution >= 4 is 39.0 Å². The van der Waals surface area contributed by atoms with Gasteiger partial charge < -0.3 is 10.5 Å². The van der Waals surface area contributed by atoms with Crippen LogP contribution in [-0.2, 0) is 19.4 Å². The van der Waals surface area contributed by atoms with Gasteiger partial charge in [0.05, 0.1) is 16.8 Å². The van der Waals surface area contributed by atoms with Gasteiger partial charge in [0.25, 0.3) is 0 Å². The molecule has 0 saturated heterocycles. The molecule has 0 unspecified atom stereocenters. The molecule has 2 aromatic rings. The quantitative estimate of drug-likeness (QED) is 0.713. The van der Waals surface area contributed by atoms with Gasteiger partial charge in [0.15, 0.2) is 9.84 Å². The number of esters is 1. The topological polar surface area (TPSA) is 86.5 Å². The van der Waals surface area contributed by atoms with Gasteiger partial charge >= 0.3 is 5.97 Å². The van der Waals surface area contributed by atoms with Gasteiger partial charge in [0.2, 0.25) is 0 Å². The Bertz CT molecular complexity index is 945. The predicted molar refractivity (Wildman–Crippen MR) is 105 cm³/mol. The first-order valence-corrected chi connectivity index (χ1v) is 10.7. The van der Waals surface area contributed by atoms with Gasteiger partial charge in [-0.25, -0.2) is 8.42 Å². The second-order valence-electron chi connectivity index (χ2n) is 6.41. The van der Waals surface area contributed by atoms with Crippen LogP contribution < -0.4 is 5.73 Å². The summed E-state index contributed by atoms with van der Waals surface area (Å²) in [4.78, 5) is 12.8. The maximum absolute atomic E-state index is 13.3. The molecule has 0 aliphatic heterocycles. The van der Waals surface area contributed by atoms with Crippen molar-refractivity contribution in [2.75, 3.05) is 13.2 Å². The summed E-state index contributed by atoms with van der Waals surface area (Å²) < 4.78 is 31.8. The summed E-state index contributed by atoms with van der Waals surface area (Å²) in [5.41, 5.74) is 5.28. The molecule has 3 atom stereocenters. The number of hydrogen-bond donors (Lipinski definition) is 1. The molecule has 0 spiro atoms. The second kappa shape index (κ2) is 7.43. The van der Waals surface area contributed by atoms with Crippen LogP contribution in [0.2, 0.25) is 10.0 Å². The van der Waals surface area contributed by atoms with E-state index in [4.69, 9.17) is 33.7 Å². The monoisotopic (exact) mass is 427 g/mol. The Hall–Kier alpha value is -1.60. The number of ether oxygens (including phenoxy) is 1. The molecule has 1 saturated carbocycles. The van der Waals surface area contributed by atoms with E-state index in [0.29, 0.717) is 15.6 Å². The SMILES string of the molecule is CCOC(=O)[C@]1(CN)[C@H](c2ccc(Cl)cc2)[C@@H]1S(=O)(=O)c1ccc(Cl)cc1. The summed E-state index contributed by atoms with van der Waals surface area (Å²) in [6.07, 6.45) is 0. The van der Waals surface area contributed by atoms with Crippen LogP contribution in [0.5, 0.6) is 0 Å². The maximum atomic E-state index is 13.3. The van der Waals surface area contributed by atoms with E-state index in [1.165, 1.54) is 24.3 Å². The fraction of sp³-hybridized carbons (Fsp3) is 0.316. The van der Waals surface area contributed by atoms with Crippen LogP contribution in [0.4, 0.5) is 0 Å². The van der Waals surface area contributed by atoms with Crippen molar-refractivity contribution in [3.8, 4) is 0 Å². The average Bonchev–Trinajstić information content (AvgIpc) is 3.34. The van der Waals surface area contributed by atoms with E-state index in [9.17, 15) is 13.2 Å². The number of sulfone groups is 1. The molecular formula is C19H19Cl2NO4S. The van der Waals surface area contributed by atoms with Crippen molar-refractivity contribution < 1.29 is 17.9 Å². The van der Waals surface area contributed by atoms with E-state index in [-0.39, 0.29) is 18.0 Å². The molecule has 1 aliphatic rings. The minimum absolute atomic E-state index is 0.0930. The highest BCUT2D eigenvalue weighted by molar-refractivity contribution is 7.92. The van der Waals surface area contributed by atoms with E-state index in [1.807, 2.05) is 0 Å². The van der Waals surface area contributed by atoms with Gasteiger partial charge in [-0.15, -0.1) is 0 Å². The Balaban J connectivity index is 2.10. The molecule has 1 fully saturated rings. The van der Waals surface area contributed by atoms with E-state index in [2.05, 4.69) is 0 Å². The lowest BCUT2D eigenvalue weighted by molar-refractivity contribution is -0.149. The first-order chi connectivity index (χ1) is 12.8. The highest BCUT2D eigenvalue weighted by Gasteiger charge is 2.75. The standard InChI is InChI=1S/C19H19Cl2NO4S/c1-2-26-18(23)19(11-22)16(12-3-5-13(20)6-4-12)17(19)27(24,25)15-9-7-14(21)8-10-15/h3-10,16-17H,2,11,22H2,1H3/t16-,17+,19-/m1/s1. The van der Waals surface area contributed by atoms with Crippen LogP contribution in [0, 0.1) is 5.41 Å². The molecule has 8 heteroatoms. The lowest BCUT2D eigenvalue weighted by Crippen LogP contribution is -2.33. The third-order valence-electron chi connectivity index (χ3n) is 4.96. The Morgan fingerprint density at radius 1 is 1.07 bits per heavy atom. The van der Waals surface area contributed by atoms with Crippen LogP contribution >= 0.6 is 23.2 Å². The third-order valence-corrected chi connectivity index (χ3v) is 7.75. The van der Waals surface area contributed by atoms with Gasteiger partial charge in [-0.1, -0.05) is 35.3 Å². The molecule has 0 heterocycles. The van der Waals surface area contributed by atoms with Gasteiger partial charge in [-0.2, -0.15) is 0 Å². The molecule has 27 heavy (non-hydrogen) atoms. The maximum Gasteiger partial charge on any atom is 0.315 e. The predicted octanol–water partition coefficient (Wildman–Crippen LogP) is 3.44. The minimum atomic E-state index is -3.85. The molecule has 0 aromatic heterocycles. The normalized spacial score (nSPS) is 24.4. The Morgan fingerprint density at radius 3 is 2.07 bits per heavy atom. The number of nitrogens with two attached hydrogens (primary N) is 1. The molecule has 3 rings (SSSR count). The largest absolute Gasteiger partial charge is 0.465 e. The summed E-state index contributed by atoms with van der Waals surface area (Å²) in [6, 6.07) is 12.6. The zero-order chi connectivity index (χ0) is 19.8. The highest BCUT2D eigenvalue weighted by Crippen LogP contribution is 2.64. The zero-order valence-electron chi connectivity index (χ0n) is 14.6. The molecule has 0 radical (unpaired) electrons. The van der Waals surface area contributed by atoms with Crippen LogP contribution in [-0.4, -0.2) is 32.8 Å². The van der Waals surface area contributed by atoms with E-state index in [1.54, 1.807) is 31.2 Å². The third kappa shape index (κ3) is 3.36. The van der Waals surface area contributed by atoms with Crippen LogP contribution in [0.15, 0.2) is 53.4 Å². The summed E-state index contributed by atoms with van der Waals surface area (Å²) in [7, 11) is -3.85. The van der Waals surface area contributed by atoms with Crippen molar-refractivity contribution in [3.05, 3.63) is 64.1 Å². The molecule has 144 valence electrons. The minimum Gasteiger partial charge on any atom is -0.465 e. The number of rotatable bonds is 6. The number of benzene rings is 2. The smallest absolute Gasteiger partial charge is 0.315 e. The molecule has 2 N–H and O–H groups in total.